The van der Waals surface area contributed by atoms with Gasteiger partial charge in [-0.15, -0.1) is 0 Å². The van der Waals surface area contributed by atoms with Crippen LogP contribution in [0.25, 0.3) is 11.3 Å². The fraction of sp³-hybridized carbons (Fsp3) is 0.438. The highest BCUT2D eigenvalue weighted by Crippen LogP contribution is 2.24. The van der Waals surface area contributed by atoms with E-state index in [-0.39, 0.29) is 6.61 Å². The van der Waals surface area contributed by atoms with E-state index in [0.717, 1.165) is 36.5 Å². The molecule has 1 fully saturated rings. The molecule has 0 aliphatic carbocycles. The molecule has 1 atom stereocenters. The number of hydrogen-bond donors (Lipinski definition) is 2. The Morgan fingerprint density at radius 1 is 1.36 bits per heavy atom. The highest BCUT2D eigenvalue weighted by Gasteiger charge is 2.17. The number of hydrogen-bond acceptors (Lipinski definition) is 4. The first kappa shape index (κ1) is 15.3. The van der Waals surface area contributed by atoms with Gasteiger partial charge in [0, 0.05) is 23.3 Å². The van der Waals surface area contributed by atoms with Gasteiger partial charge in [-0.3, -0.25) is 0 Å². The molecule has 0 spiro atoms. The van der Waals surface area contributed by atoms with Crippen LogP contribution in [-0.4, -0.2) is 40.7 Å². The standard InChI is InChI=1S/C16H20ClN3O2/c17-13-5-3-12(4-6-13)15-10-16(20(19-15)7-8-21)18-14-2-1-9-22-11-14/h3-6,10,14,18,21H,1-2,7-9,11H2/t14-/m1/s1. The molecule has 1 aliphatic rings. The lowest BCUT2D eigenvalue weighted by Crippen LogP contribution is -2.31. The average molecular weight is 322 g/mol. The fourth-order valence-electron chi connectivity index (χ4n) is 2.62. The van der Waals surface area contributed by atoms with Crippen molar-refractivity contribution in [3.63, 3.8) is 0 Å². The molecule has 3 rings (SSSR count). The summed E-state index contributed by atoms with van der Waals surface area (Å²) >= 11 is 5.93. The molecule has 22 heavy (non-hydrogen) atoms. The van der Waals surface area contributed by atoms with Crippen molar-refractivity contribution >= 4 is 17.4 Å². The summed E-state index contributed by atoms with van der Waals surface area (Å²) in [5, 5.41) is 18.0. The Labute approximate surface area is 134 Å². The maximum absolute atomic E-state index is 9.24. The van der Waals surface area contributed by atoms with Crippen molar-refractivity contribution in [3.05, 3.63) is 35.4 Å². The molecule has 1 aromatic heterocycles. The van der Waals surface area contributed by atoms with Gasteiger partial charge in [-0.1, -0.05) is 23.7 Å². The van der Waals surface area contributed by atoms with Crippen LogP contribution >= 0.6 is 11.6 Å². The lowest BCUT2D eigenvalue weighted by molar-refractivity contribution is 0.0873. The summed E-state index contributed by atoms with van der Waals surface area (Å²) in [4.78, 5) is 0. The van der Waals surface area contributed by atoms with E-state index >= 15 is 0 Å². The number of aliphatic hydroxyl groups is 1. The van der Waals surface area contributed by atoms with Gasteiger partial charge in [-0.2, -0.15) is 5.10 Å². The zero-order valence-electron chi connectivity index (χ0n) is 12.3. The largest absolute Gasteiger partial charge is 0.394 e. The van der Waals surface area contributed by atoms with Crippen molar-refractivity contribution in [2.75, 3.05) is 25.1 Å². The Morgan fingerprint density at radius 2 is 2.18 bits per heavy atom. The van der Waals surface area contributed by atoms with E-state index in [1.807, 2.05) is 30.3 Å². The molecule has 0 radical (unpaired) electrons. The van der Waals surface area contributed by atoms with Gasteiger partial charge in [-0.05, 0) is 25.0 Å². The third-order valence-electron chi connectivity index (χ3n) is 3.74. The Bertz CT molecular complexity index is 606. The number of nitrogens with zero attached hydrogens (tertiary/aromatic N) is 2. The number of halogens is 1. The second-order valence-electron chi connectivity index (χ2n) is 5.43. The minimum absolute atomic E-state index is 0.0532. The molecule has 0 amide bonds. The van der Waals surface area contributed by atoms with E-state index in [2.05, 4.69) is 10.4 Å². The van der Waals surface area contributed by atoms with Crippen molar-refractivity contribution in [1.82, 2.24) is 9.78 Å². The van der Waals surface area contributed by atoms with Crippen LogP contribution in [0, 0.1) is 0 Å². The first-order valence-electron chi connectivity index (χ1n) is 7.55. The van der Waals surface area contributed by atoms with Crippen LogP contribution in [0.15, 0.2) is 30.3 Å². The van der Waals surface area contributed by atoms with E-state index in [9.17, 15) is 5.11 Å². The van der Waals surface area contributed by atoms with E-state index in [0.29, 0.717) is 24.2 Å². The maximum atomic E-state index is 9.24. The van der Waals surface area contributed by atoms with Gasteiger partial charge in [0.1, 0.15) is 5.82 Å². The highest BCUT2D eigenvalue weighted by atomic mass is 35.5. The molecule has 6 heteroatoms. The first-order chi connectivity index (χ1) is 10.8. The van der Waals surface area contributed by atoms with Gasteiger partial charge in [0.25, 0.3) is 0 Å². The van der Waals surface area contributed by atoms with E-state index in [4.69, 9.17) is 16.3 Å². The molecule has 0 saturated carbocycles. The number of rotatable bonds is 5. The Kier molecular flexibility index (Phi) is 4.97. The van der Waals surface area contributed by atoms with Gasteiger partial charge in [-0.25, -0.2) is 4.68 Å². The van der Waals surface area contributed by atoms with Crippen LogP contribution in [0.5, 0.6) is 0 Å². The molecular weight excluding hydrogens is 302 g/mol. The predicted molar refractivity (Wildman–Crippen MR) is 87.2 cm³/mol. The van der Waals surface area contributed by atoms with Gasteiger partial charge >= 0.3 is 0 Å². The molecular formula is C16H20ClN3O2. The smallest absolute Gasteiger partial charge is 0.125 e. The second-order valence-corrected chi connectivity index (χ2v) is 5.86. The molecule has 2 aromatic rings. The number of anilines is 1. The molecule has 2 N–H and O–H groups in total. The molecule has 5 nitrogen and oxygen atoms in total. The van der Waals surface area contributed by atoms with Crippen molar-refractivity contribution in [3.8, 4) is 11.3 Å². The van der Waals surface area contributed by atoms with Crippen LogP contribution in [-0.2, 0) is 11.3 Å². The zero-order valence-corrected chi connectivity index (χ0v) is 13.1. The third-order valence-corrected chi connectivity index (χ3v) is 4.00. The number of ether oxygens (including phenoxy) is 1. The van der Waals surface area contributed by atoms with Crippen LogP contribution in [0.2, 0.25) is 5.02 Å². The Hall–Kier alpha value is -1.56. The van der Waals surface area contributed by atoms with E-state index < -0.39 is 0 Å². The number of aromatic nitrogens is 2. The molecule has 0 unspecified atom stereocenters. The fourth-order valence-corrected chi connectivity index (χ4v) is 2.75. The number of nitrogens with one attached hydrogen (secondary N) is 1. The molecule has 2 heterocycles. The molecule has 1 aliphatic heterocycles. The summed E-state index contributed by atoms with van der Waals surface area (Å²) in [6.07, 6.45) is 2.15. The van der Waals surface area contributed by atoms with Crippen LogP contribution in [0.4, 0.5) is 5.82 Å². The summed E-state index contributed by atoms with van der Waals surface area (Å²) in [7, 11) is 0. The Balaban J connectivity index is 1.82. The predicted octanol–water partition coefficient (Wildman–Crippen LogP) is 2.79. The number of benzene rings is 1. The second kappa shape index (κ2) is 7.13. The van der Waals surface area contributed by atoms with Gasteiger partial charge in [0.15, 0.2) is 0 Å². The van der Waals surface area contributed by atoms with E-state index in [1.165, 1.54) is 0 Å². The third kappa shape index (κ3) is 3.61. The molecule has 0 bridgehead atoms. The van der Waals surface area contributed by atoms with Gasteiger partial charge in [0.2, 0.25) is 0 Å². The molecule has 1 aromatic carbocycles. The molecule has 1 saturated heterocycles. The summed E-state index contributed by atoms with van der Waals surface area (Å²) in [6.45, 7) is 2.06. The zero-order chi connectivity index (χ0) is 15.4. The van der Waals surface area contributed by atoms with Crippen LogP contribution in [0.3, 0.4) is 0 Å². The lowest BCUT2D eigenvalue weighted by Gasteiger charge is -2.24. The summed E-state index contributed by atoms with van der Waals surface area (Å²) in [5.74, 6) is 0.912. The summed E-state index contributed by atoms with van der Waals surface area (Å²) < 4.78 is 7.31. The topological polar surface area (TPSA) is 59.3 Å². The average Bonchev–Trinajstić information content (AvgIpc) is 2.92. The monoisotopic (exact) mass is 321 g/mol. The Morgan fingerprint density at radius 3 is 2.86 bits per heavy atom. The SMILES string of the molecule is OCCn1nc(-c2ccc(Cl)cc2)cc1N[C@@H]1CCCOC1. The molecule has 118 valence electrons. The van der Waals surface area contributed by atoms with Crippen LogP contribution < -0.4 is 5.32 Å². The summed E-state index contributed by atoms with van der Waals surface area (Å²) in [6, 6.07) is 9.89. The van der Waals surface area contributed by atoms with Crippen molar-refractivity contribution in [2.24, 2.45) is 0 Å². The number of aliphatic hydroxyl groups excluding tert-OH is 1. The minimum Gasteiger partial charge on any atom is -0.394 e. The lowest BCUT2D eigenvalue weighted by atomic mass is 10.1. The summed E-state index contributed by atoms with van der Waals surface area (Å²) in [5.41, 5.74) is 1.87. The van der Waals surface area contributed by atoms with Crippen LogP contribution in [0.1, 0.15) is 12.8 Å². The normalized spacial score (nSPS) is 18.4. The minimum atomic E-state index is 0.0532. The van der Waals surface area contributed by atoms with Crippen molar-refractivity contribution in [2.45, 2.75) is 25.4 Å². The first-order valence-corrected chi connectivity index (χ1v) is 7.93. The van der Waals surface area contributed by atoms with Gasteiger partial charge in [0.05, 0.1) is 31.5 Å². The quantitative estimate of drug-likeness (QED) is 0.889. The van der Waals surface area contributed by atoms with E-state index in [1.54, 1.807) is 4.68 Å². The maximum Gasteiger partial charge on any atom is 0.125 e. The highest BCUT2D eigenvalue weighted by molar-refractivity contribution is 6.30. The van der Waals surface area contributed by atoms with Crippen molar-refractivity contribution < 1.29 is 9.84 Å². The van der Waals surface area contributed by atoms with Gasteiger partial charge < -0.3 is 15.2 Å². The van der Waals surface area contributed by atoms with Crippen molar-refractivity contribution in [1.29, 1.82) is 0 Å².